The second-order valence-electron chi connectivity index (χ2n) is 8.25. The van der Waals surface area contributed by atoms with Crippen molar-refractivity contribution in [3.05, 3.63) is 23.5 Å². The van der Waals surface area contributed by atoms with E-state index in [2.05, 4.69) is 85.4 Å². The molecule has 1 nitrogen and oxygen atoms in total. The first-order chi connectivity index (χ1) is 9.99. The molecule has 1 rings (SSSR count). The molecule has 22 heavy (non-hydrogen) atoms. The lowest BCUT2D eigenvalue weighted by atomic mass is 9.64. The van der Waals surface area contributed by atoms with Crippen molar-refractivity contribution in [1.82, 2.24) is 4.57 Å². The van der Waals surface area contributed by atoms with Gasteiger partial charge in [-0.2, -0.15) is 11.8 Å². The Hall–Kier alpha value is -0.370. The molecule has 2 heteroatoms. The maximum Gasteiger partial charge on any atom is 0.0244 e. The highest BCUT2D eigenvalue weighted by Gasteiger charge is 2.41. The summed E-state index contributed by atoms with van der Waals surface area (Å²) in [6.45, 7) is 19.0. The summed E-state index contributed by atoms with van der Waals surface area (Å²) in [5.74, 6) is 0. The molecule has 1 heterocycles. The lowest BCUT2D eigenvalue weighted by Crippen LogP contribution is -2.40. The molecule has 0 aliphatic carbocycles. The first-order valence-corrected chi connectivity index (χ1v) is 9.97. The fourth-order valence-corrected chi connectivity index (χ4v) is 4.48. The van der Waals surface area contributed by atoms with Gasteiger partial charge in [0.2, 0.25) is 0 Å². The summed E-state index contributed by atoms with van der Waals surface area (Å²) in [4.78, 5) is 0. The van der Waals surface area contributed by atoms with E-state index in [0.29, 0.717) is 5.25 Å². The highest BCUT2D eigenvalue weighted by atomic mass is 32.2. The molecule has 0 radical (unpaired) electrons. The summed E-state index contributed by atoms with van der Waals surface area (Å²) in [5.41, 5.74) is 3.62. The van der Waals surface area contributed by atoms with Gasteiger partial charge in [0, 0.05) is 34.5 Å². The lowest BCUT2D eigenvalue weighted by molar-refractivity contribution is 0.185. The number of thioether (sulfide) groups is 1. The van der Waals surface area contributed by atoms with E-state index in [0.717, 1.165) is 6.42 Å². The van der Waals surface area contributed by atoms with Crippen molar-refractivity contribution in [3.8, 4) is 0 Å². The molecule has 0 amide bonds. The molecule has 0 aromatic carbocycles. The molecule has 0 saturated heterocycles. The summed E-state index contributed by atoms with van der Waals surface area (Å²) < 4.78 is 2.49. The minimum atomic E-state index is 0.192. The van der Waals surface area contributed by atoms with E-state index in [4.69, 9.17) is 0 Å². The normalized spacial score (nSPS) is 19.5. The first-order valence-electron chi connectivity index (χ1n) is 8.69. The van der Waals surface area contributed by atoms with E-state index in [1.807, 2.05) is 11.8 Å². The van der Waals surface area contributed by atoms with Crippen LogP contribution >= 0.6 is 11.8 Å². The van der Waals surface area contributed by atoms with Gasteiger partial charge in [-0.15, -0.1) is 0 Å². The van der Waals surface area contributed by atoms with E-state index in [1.54, 1.807) is 0 Å². The van der Waals surface area contributed by atoms with Crippen LogP contribution in [-0.4, -0.2) is 16.1 Å². The molecule has 3 atom stereocenters. The third kappa shape index (κ3) is 3.00. The van der Waals surface area contributed by atoms with Gasteiger partial charge in [-0.3, -0.25) is 0 Å². The number of hydrogen-bond acceptors (Lipinski definition) is 1. The van der Waals surface area contributed by atoms with Gasteiger partial charge in [0.15, 0.2) is 0 Å². The third-order valence-electron chi connectivity index (χ3n) is 6.62. The van der Waals surface area contributed by atoms with Crippen LogP contribution in [-0.2, 0) is 17.9 Å². The van der Waals surface area contributed by atoms with Crippen LogP contribution in [0.2, 0.25) is 0 Å². The van der Waals surface area contributed by atoms with Crippen LogP contribution < -0.4 is 0 Å². The van der Waals surface area contributed by atoms with Gasteiger partial charge in [-0.05, 0) is 36.6 Å². The van der Waals surface area contributed by atoms with Gasteiger partial charge in [-0.1, -0.05) is 55.4 Å². The molecule has 0 N–H and O–H groups in total. The van der Waals surface area contributed by atoms with E-state index in [-0.39, 0.29) is 16.2 Å². The van der Waals surface area contributed by atoms with Crippen LogP contribution in [0.3, 0.4) is 0 Å². The summed E-state index contributed by atoms with van der Waals surface area (Å²) in [6.07, 6.45) is 4.56. The number of hydrogen-bond donors (Lipinski definition) is 0. The largest absolute Gasteiger partial charge is 0.350 e. The Morgan fingerprint density at radius 3 is 1.86 bits per heavy atom. The Bertz CT molecular complexity index is 496. The molecular formula is C20H37NS. The topological polar surface area (TPSA) is 4.93 Å². The van der Waals surface area contributed by atoms with Crippen molar-refractivity contribution in [2.45, 2.75) is 84.3 Å². The van der Waals surface area contributed by atoms with Crippen molar-refractivity contribution < 1.29 is 0 Å². The van der Waals surface area contributed by atoms with Crippen LogP contribution in [0.15, 0.2) is 12.1 Å². The minimum Gasteiger partial charge on any atom is -0.350 e. The van der Waals surface area contributed by atoms with Gasteiger partial charge in [0.05, 0.1) is 0 Å². The van der Waals surface area contributed by atoms with Crippen molar-refractivity contribution in [1.29, 1.82) is 0 Å². The summed E-state index contributed by atoms with van der Waals surface area (Å²) in [6, 6.07) is 4.76. The SMILES string of the molecule is CCC(C)(c1ccc(C(C)(CC)C(C)(C)C)n1C)C(C)SC. The zero-order valence-electron chi connectivity index (χ0n) is 16.5. The molecule has 0 aliphatic heterocycles. The van der Waals surface area contributed by atoms with Crippen LogP contribution in [0.4, 0.5) is 0 Å². The van der Waals surface area contributed by atoms with Crippen molar-refractivity contribution >= 4 is 11.8 Å². The van der Waals surface area contributed by atoms with Gasteiger partial charge in [0.25, 0.3) is 0 Å². The highest BCUT2D eigenvalue weighted by Crippen LogP contribution is 2.46. The maximum absolute atomic E-state index is 2.49. The second-order valence-corrected chi connectivity index (χ2v) is 9.43. The molecule has 1 aromatic heterocycles. The van der Waals surface area contributed by atoms with E-state index in [9.17, 15) is 0 Å². The third-order valence-corrected chi connectivity index (χ3v) is 7.85. The first kappa shape index (κ1) is 19.7. The zero-order chi connectivity index (χ0) is 17.3. The lowest BCUT2D eigenvalue weighted by Gasteiger charge is -2.43. The molecule has 0 saturated carbocycles. The maximum atomic E-state index is 2.49. The van der Waals surface area contributed by atoms with Crippen LogP contribution in [0, 0.1) is 5.41 Å². The van der Waals surface area contributed by atoms with E-state index < -0.39 is 0 Å². The standard InChI is InChI=1S/C20H37NS/c1-11-19(7,15(3)22-10)16-13-14-17(21(16)9)20(8,12-2)18(4,5)6/h13-15H,11-12H2,1-10H3. The predicted octanol–water partition coefficient (Wildman–Crippen LogP) is 6.16. The van der Waals surface area contributed by atoms with Crippen molar-refractivity contribution in [2.75, 3.05) is 6.26 Å². The summed E-state index contributed by atoms with van der Waals surface area (Å²) >= 11 is 1.97. The second kappa shape index (κ2) is 6.63. The molecule has 0 fully saturated rings. The molecule has 1 aromatic rings. The number of rotatable bonds is 6. The van der Waals surface area contributed by atoms with Gasteiger partial charge in [0.1, 0.15) is 0 Å². The van der Waals surface area contributed by atoms with Crippen molar-refractivity contribution in [3.63, 3.8) is 0 Å². The zero-order valence-corrected chi connectivity index (χ0v) is 17.3. The quantitative estimate of drug-likeness (QED) is 0.607. The molecule has 128 valence electrons. The van der Waals surface area contributed by atoms with E-state index >= 15 is 0 Å². The number of aromatic nitrogens is 1. The molecule has 0 spiro atoms. The fraction of sp³-hybridized carbons (Fsp3) is 0.800. The average Bonchev–Trinajstić information content (AvgIpc) is 2.86. The Balaban J connectivity index is 3.46. The van der Waals surface area contributed by atoms with Crippen molar-refractivity contribution in [2.24, 2.45) is 12.5 Å². The van der Waals surface area contributed by atoms with Gasteiger partial charge < -0.3 is 4.57 Å². The Morgan fingerprint density at radius 1 is 1.00 bits per heavy atom. The van der Waals surface area contributed by atoms with Crippen LogP contribution in [0.1, 0.15) is 79.6 Å². The number of nitrogens with zero attached hydrogens (tertiary/aromatic N) is 1. The average molecular weight is 324 g/mol. The Morgan fingerprint density at radius 2 is 1.50 bits per heavy atom. The van der Waals surface area contributed by atoms with Crippen LogP contribution in [0.25, 0.3) is 0 Å². The predicted molar refractivity (Wildman–Crippen MR) is 103 cm³/mol. The van der Waals surface area contributed by atoms with E-state index in [1.165, 1.54) is 17.8 Å². The Kier molecular flexibility index (Phi) is 5.93. The molecule has 0 aliphatic rings. The Labute approximate surface area is 143 Å². The fourth-order valence-electron chi connectivity index (χ4n) is 3.67. The summed E-state index contributed by atoms with van der Waals surface area (Å²) in [7, 11) is 2.27. The minimum absolute atomic E-state index is 0.192. The van der Waals surface area contributed by atoms with Gasteiger partial charge >= 0.3 is 0 Å². The molecule has 3 unspecified atom stereocenters. The van der Waals surface area contributed by atoms with Gasteiger partial charge in [-0.25, -0.2) is 0 Å². The molecule has 0 bridgehead atoms. The highest BCUT2D eigenvalue weighted by molar-refractivity contribution is 7.99. The smallest absolute Gasteiger partial charge is 0.0244 e. The molecular weight excluding hydrogens is 286 g/mol. The monoisotopic (exact) mass is 323 g/mol. The summed E-state index contributed by atoms with van der Waals surface area (Å²) in [5, 5.41) is 0.612. The van der Waals surface area contributed by atoms with Crippen LogP contribution in [0.5, 0.6) is 0 Å².